The summed E-state index contributed by atoms with van der Waals surface area (Å²) in [5.74, 6) is -2.10. The lowest BCUT2D eigenvalue weighted by Crippen LogP contribution is -2.21. The number of hydrogen-bond acceptors (Lipinski definition) is 3. The Kier molecular flexibility index (Phi) is 4.77. The first-order chi connectivity index (χ1) is 11.9. The van der Waals surface area contributed by atoms with E-state index in [0.29, 0.717) is 24.0 Å². The Hall–Kier alpha value is -2.40. The number of aryl methyl sites for hydroxylation is 1. The molecule has 0 fully saturated rings. The first-order valence-electron chi connectivity index (χ1n) is 8.25. The van der Waals surface area contributed by atoms with E-state index in [9.17, 15) is 18.3 Å². The normalized spacial score (nSPS) is 16.5. The molecule has 1 aliphatic rings. The van der Waals surface area contributed by atoms with E-state index in [0.717, 1.165) is 12.0 Å². The number of benzene rings is 2. The molecule has 2 aromatic rings. The minimum atomic E-state index is -3.74. The van der Waals surface area contributed by atoms with Crippen LogP contribution in [0.3, 0.4) is 0 Å². The zero-order valence-corrected chi connectivity index (χ0v) is 14.8. The maximum absolute atomic E-state index is 12.9. The molecule has 5 heteroatoms. The Morgan fingerprint density at radius 2 is 1.68 bits per heavy atom. The number of fused-ring (bicyclic) bond motifs is 1. The molecule has 0 radical (unpaired) electrons. The van der Waals surface area contributed by atoms with Gasteiger partial charge < -0.3 is 5.11 Å². The molecule has 0 amide bonds. The summed E-state index contributed by atoms with van der Waals surface area (Å²) < 4.78 is 25.7. The minimum absolute atomic E-state index is 0.0502. The standard InChI is InChI=1S/C20H20O4S/c1-14-16-11-5-6-13-18(16)25(23,24)19(14)17(20(21)22)12-7-10-15-8-3-2-4-9-15/h2-6,8-9,11,13,17H,7,10,12H2,1H3,(H,21,22). The zero-order valence-electron chi connectivity index (χ0n) is 14.0. The highest BCUT2D eigenvalue weighted by Gasteiger charge is 2.40. The number of carboxylic acid groups (broad SMARTS) is 1. The summed E-state index contributed by atoms with van der Waals surface area (Å²) in [6, 6.07) is 16.5. The van der Waals surface area contributed by atoms with Crippen LogP contribution in [0.2, 0.25) is 0 Å². The van der Waals surface area contributed by atoms with Gasteiger partial charge in [-0.05, 0) is 49.0 Å². The van der Waals surface area contributed by atoms with Crippen LogP contribution in [0.15, 0.2) is 64.4 Å². The van der Waals surface area contributed by atoms with Gasteiger partial charge in [0.15, 0.2) is 0 Å². The highest BCUT2D eigenvalue weighted by atomic mass is 32.2. The molecular weight excluding hydrogens is 336 g/mol. The van der Waals surface area contributed by atoms with Crippen LogP contribution >= 0.6 is 0 Å². The molecule has 4 nitrogen and oxygen atoms in total. The predicted molar refractivity (Wildman–Crippen MR) is 96.7 cm³/mol. The lowest BCUT2D eigenvalue weighted by Gasteiger charge is -2.15. The van der Waals surface area contributed by atoms with Crippen molar-refractivity contribution in [2.75, 3.05) is 0 Å². The molecule has 0 aliphatic carbocycles. The van der Waals surface area contributed by atoms with Crippen LogP contribution in [0.25, 0.3) is 5.57 Å². The Balaban J connectivity index is 1.86. The molecule has 1 atom stereocenters. The van der Waals surface area contributed by atoms with Gasteiger partial charge in [-0.25, -0.2) is 8.42 Å². The molecule has 3 rings (SSSR count). The van der Waals surface area contributed by atoms with Crippen molar-refractivity contribution in [1.29, 1.82) is 0 Å². The molecule has 130 valence electrons. The van der Waals surface area contributed by atoms with Gasteiger partial charge in [0.05, 0.1) is 15.7 Å². The molecule has 0 saturated heterocycles. The smallest absolute Gasteiger partial charge is 0.311 e. The fourth-order valence-corrected chi connectivity index (χ4v) is 5.55. The summed E-state index contributed by atoms with van der Waals surface area (Å²) in [5.41, 5.74) is 2.30. The lowest BCUT2D eigenvalue weighted by atomic mass is 9.95. The average molecular weight is 356 g/mol. The van der Waals surface area contributed by atoms with Gasteiger partial charge in [0.2, 0.25) is 9.84 Å². The van der Waals surface area contributed by atoms with Crippen molar-refractivity contribution in [2.24, 2.45) is 5.92 Å². The van der Waals surface area contributed by atoms with Crippen molar-refractivity contribution < 1.29 is 18.3 Å². The molecule has 0 saturated carbocycles. The third kappa shape index (κ3) is 3.24. The molecule has 0 spiro atoms. The Morgan fingerprint density at radius 1 is 1.04 bits per heavy atom. The summed E-state index contributed by atoms with van der Waals surface area (Å²) in [4.78, 5) is 12.1. The van der Waals surface area contributed by atoms with Crippen LogP contribution in [-0.4, -0.2) is 19.5 Å². The van der Waals surface area contributed by atoms with Crippen LogP contribution in [-0.2, 0) is 21.1 Å². The highest BCUT2D eigenvalue weighted by molar-refractivity contribution is 7.96. The van der Waals surface area contributed by atoms with E-state index in [-0.39, 0.29) is 9.80 Å². The quantitative estimate of drug-likeness (QED) is 0.851. The summed E-state index contributed by atoms with van der Waals surface area (Å²) in [7, 11) is -3.74. The summed E-state index contributed by atoms with van der Waals surface area (Å²) in [6.07, 6.45) is 1.64. The average Bonchev–Trinajstić information content (AvgIpc) is 2.80. The summed E-state index contributed by atoms with van der Waals surface area (Å²) >= 11 is 0. The third-order valence-electron chi connectivity index (χ3n) is 4.66. The van der Waals surface area contributed by atoms with Crippen molar-refractivity contribution in [1.82, 2.24) is 0 Å². The van der Waals surface area contributed by atoms with Crippen LogP contribution < -0.4 is 0 Å². The SMILES string of the molecule is CC1=C(C(CCCc2ccccc2)C(=O)O)S(=O)(=O)c2ccccc21. The molecule has 1 N–H and O–H groups in total. The molecule has 1 unspecified atom stereocenters. The van der Waals surface area contributed by atoms with Gasteiger partial charge in [0, 0.05) is 0 Å². The second kappa shape index (κ2) is 6.84. The van der Waals surface area contributed by atoms with Gasteiger partial charge in [0.25, 0.3) is 0 Å². The lowest BCUT2D eigenvalue weighted by molar-refractivity contribution is -0.140. The monoisotopic (exact) mass is 356 g/mol. The topological polar surface area (TPSA) is 71.4 Å². The molecule has 1 heterocycles. The number of carboxylic acids is 1. The Morgan fingerprint density at radius 3 is 2.32 bits per heavy atom. The van der Waals surface area contributed by atoms with Crippen molar-refractivity contribution in [3.8, 4) is 0 Å². The maximum Gasteiger partial charge on any atom is 0.311 e. The van der Waals surface area contributed by atoms with Gasteiger partial charge in [-0.3, -0.25) is 4.79 Å². The number of aliphatic carboxylic acids is 1. The predicted octanol–water partition coefficient (Wildman–Crippen LogP) is 3.93. The number of hydrogen-bond donors (Lipinski definition) is 1. The number of allylic oxidation sites excluding steroid dienone is 1. The highest BCUT2D eigenvalue weighted by Crippen LogP contribution is 2.43. The fourth-order valence-electron chi connectivity index (χ4n) is 3.43. The van der Waals surface area contributed by atoms with E-state index >= 15 is 0 Å². The number of rotatable bonds is 6. The third-order valence-corrected chi connectivity index (χ3v) is 6.76. The van der Waals surface area contributed by atoms with Crippen molar-refractivity contribution in [2.45, 2.75) is 31.1 Å². The zero-order chi connectivity index (χ0) is 18.0. The van der Waals surface area contributed by atoms with Crippen LogP contribution in [0.1, 0.15) is 30.9 Å². The van der Waals surface area contributed by atoms with Crippen molar-refractivity contribution >= 4 is 21.4 Å². The molecule has 2 aromatic carbocycles. The van der Waals surface area contributed by atoms with Crippen molar-refractivity contribution in [3.63, 3.8) is 0 Å². The van der Waals surface area contributed by atoms with Crippen LogP contribution in [0, 0.1) is 5.92 Å². The molecule has 1 aliphatic heterocycles. The van der Waals surface area contributed by atoms with Gasteiger partial charge in [-0.2, -0.15) is 0 Å². The molecule has 25 heavy (non-hydrogen) atoms. The number of sulfone groups is 1. The van der Waals surface area contributed by atoms with E-state index in [4.69, 9.17) is 0 Å². The van der Waals surface area contributed by atoms with E-state index < -0.39 is 21.7 Å². The largest absolute Gasteiger partial charge is 0.481 e. The Bertz CT molecular complexity index is 927. The second-order valence-corrected chi connectivity index (χ2v) is 8.14. The van der Waals surface area contributed by atoms with E-state index in [2.05, 4.69) is 0 Å². The first kappa shape index (κ1) is 17.4. The van der Waals surface area contributed by atoms with Crippen LogP contribution in [0.4, 0.5) is 0 Å². The van der Waals surface area contributed by atoms with Crippen LogP contribution in [0.5, 0.6) is 0 Å². The van der Waals surface area contributed by atoms with Gasteiger partial charge >= 0.3 is 5.97 Å². The second-order valence-electron chi connectivity index (χ2n) is 6.26. The summed E-state index contributed by atoms with van der Waals surface area (Å²) in [6.45, 7) is 1.70. The van der Waals surface area contributed by atoms with Crippen molar-refractivity contribution in [3.05, 3.63) is 70.6 Å². The van der Waals surface area contributed by atoms with E-state index in [1.54, 1.807) is 31.2 Å². The van der Waals surface area contributed by atoms with E-state index in [1.807, 2.05) is 30.3 Å². The minimum Gasteiger partial charge on any atom is -0.481 e. The Labute approximate surface area is 147 Å². The van der Waals surface area contributed by atoms with Gasteiger partial charge in [-0.15, -0.1) is 0 Å². The molecule has 0 aromatic heterocycles. The first-order valence-corrected chi connectivity index (χ1v) is 9.73. The molecular formula is C20H20O4S. The molecule has 0 bridgehead atoms. The summed E-state index contributed by atoms with van der Waals surface area (Å²) in [5, 5.41) is 9.66. The van der Waals surface area contributed by atoms with Gasteiger partial charge in [-0.1, -0.05) is 48.5 Å². The maximum atomic E-state index is 12.9. The number of carbonyl (C=O) groups is 1. The van der Waals surface area contributed by atoms with E-state index in [1.165, 1.54) is 0 Å². The van der Waals surface area contributed by atoms with Gasteiger partial charge in [0.1, 0.15) is 0 Å². The fraction of sp³-hybridized carbons (Fsp3) is 0.250.